The minimum Gasteiger partial charge on any atom is -0.489 e. The monoisotopic (exact) mass is 310 g/mol. The van der Waals surface area contributed by atoms with Crippen molar-refractivity contribution in [3.05, 3.63) is 28.9 Å². The number of benzene rings is 1. The number of nitrogens with zero attached hydrogens (tertiary/aromatic N) is 1. The van der Waals surface area contributed by atoms with Crippen LogP contribution in [0.5, 0.6) is 5.75 Å². The van der Waals surface area contributed by atoms with Gasteiger partial charge in [-0.1, -0.05) is 11.6 Å². The number of rotatable bonds is 4. The van der Waals surface area contributed by atoms with Gasteiger partial charge in [-0.3, -0.25) is 15.1 Å². The molecule has 1 aromatic carbocycles. The van der Waals surface area contributed by atoms with Crippen molar-refractivity contribution >= 4 is 34.4 Å². The molecule has 112 valence electrons. The number of nitrogens with one attached hydrogen (secondary N) is 2. The quantitative estimate of drug-likeness (QED) is 0.495. The Labute approximate surface area is 125 Å². The SMILES string of the molecule is CN=C(N)NC(=O)c1cc2c(Cl)ccc(OCCO)c2[nH]1. The first-order valence-electron chi connectivity index (χ1n) is 6.15. The van der Waals surface area contributed by atoms with Crippen molar-refractivity contribution in [1.82, 2.24) is 10.3 Å². The molecule has 5 N–H and O–H groups in total. The third kappa shape index (κ3) is 3.26. The molecule has 0 bridgehead atoms. The summed E-state index contributed by atoms with van der Waals surface area (Å²) in [5, 5.41) is 12.4. The van der Waals surface area contributed by atoms with E-state index in [0.717, 1.165) is 0 Å². The summed E-state index contributed by atoms with van der Waals surface area (Å²) in [6, 6.07) is 4.93. The van der Waals surface area contributed by atoms with Gasteiger partial charge < -0.3 is 20.6 Å². The van der Waals surface area contributed by atoms with Crippen LogP contribution in [-0.4, -0.2) is 42.2 Å². The number of aliphatic imine (C=N–C) groups is 1. The fraction of sp³-hybridized carbons (Fsp3) is 0.231. The summed E-state index contributed by atoms with van der Waals surface area (Å²) >= 11 is 6.11. The Morgan fingerprint density at radius 1 is 1.57 bits per heavy atom. The summed E-state index contributed by atoms with van der Waals surface area (Å²) < 4.78 is 5.40. The number of amides is 1. The van der Waals surface area contributed by atoms with E-state index in [2.05, 4.69) is 15.3 Å². The Bertz CT molecular complexity index is 696. The van der Waals surface area contributed by atoms with E-state index < -0.39 is 5.91 Å². The van der Waals surface area contributed by atoms with Crippen molar-refractivity contribution in [2.75, 3.05) is 20.3 Å². The van der Waals surface area contributed by atoms with Crippen LogP contribution in [-0.2, 0) is 0 Å². The predicted molar refractivity (Wildman–Crippen MR) is 80.9 cm³/mol. The average Bonchev–Trinajstić information content (AvgIpc) is 2.92. The Morgan fingerprint density at radius 3 is 3.00 bits per heavy atom. The van der Waals surface area contributed by atoms with Gasteiger partial charge in [-0.05, 0) is 18.2 Å². The van der Waals surface area contributed by atoms with Gasteiger partial charge in [-0.15, -0.1) is 0 Å². The molecule has 0 spiro atoms. The lowest BCUT2D eigenvalue weighted by Crippen LogP contribution is -2.36. The van der Waals surface area contributed by atoms with E-state index in [1.165, 1.54) is 7.05 Å². The number of H-pyrrole nitrogens is 1. The number of aliphatic hydroxyl groups is 1. The van der Waals surface area contributed by atoms with Crippen molar-refractivity contribution in [2.45, 2.75) is 0 Å². The summed E-state index contributed by atoms with van der Waals surface area (Å²) in [6.07, 6.45) is 0. The summed E-state index contributed by atoms with van der Waals surface area (Å²) in [4.78, 5) is 18.6. The Kier molecular flexibility index (Phi) is 4.66. The lowest BCUT2D eigenvalue weighted by molar-refractivity contribution is 0.0972. The molecule has 0 saturated carbocycles. The maximum Gasteiger partial charge on any atom is 0.274 e. The molecular weight excluding hydrogens is 296 g/mol. The number of carbonyl (C=O) groups excluding carboxylic acids is 1. The van der Waals surface area contributed by atoms with Gasteiger partial charge in [-0.25, -0.2) is 0 Å². The highest BCUT2D eigenvalue weighted by molar-refractivity contribution is 6.35. The number of aromatic amines is 1. The largest absolute Gasteiger partial charge is 0.489 e. The Balaban J connectivity index is 2.40. The van der Waals surface area contributed by atoms with E-state index in [9.17, 15) is 4.79 Å². The smallest absolute Gasteiger partial charge is 0.274 e. The van der Waals surface area contributed by atoms with E-state index in [1.54, 1.807) is 18.2 Å². The second-order valence-corrected chi connectivity index (χ2v) is 4.56. The average molecular weight is 311 g/mol. The fourth-order valence-electron chi connectivity index (χ4n) is 1.80. The normalized spacial score (nSPS) is 11.7. The van der Waals surface area contributed by atoms with Crippen LogP contribution in [0.2, 0.25) is 5.02 Å². The van der Waals surface area contributed by atoms with Crippen LogP contribution in [0.3, 0.4) is 0 Å². The van der Waals surface area contributed by atoms with E-state index >= 15 is 0 Å². The zero-order chi connectivity index (χ0) is 15.4. The van der Waals surface area contributed by atoms with Crippen LogP contribution in [0, 0.1) is 0 Å². The maximum absolute atomic E-state index is 12.0. The molecule has 2 rings (SSSR count). The molecule has 0 aliphatic heterocycles. The number of ether oxygens (including phenoxy) is 1. The highest BCUT2D eigenvalue weighted by Crippen LogP contribution is 2.31. The molecule has 8 heteroatoms. The summed E-state index contributed by atoms with van der Waals surface area (Å²) in [5.41, 5.74) is 6.31. The maximum atomic E-state index is 12.0. The standard InChI is InChI=1S/C13H15ClN4O3/c1-16-13(15)18-12(20)9-6-7-8(14)2-3-10(11(7)17-9)21-5-4-19/h2-3,6,17,19H,4-5H2,1H3,(H3,15,16,18,20). The van der Waals surface area contributed by atoms with Crippen LogP contribution >= 0.6 is 11.6 Å². The molecule has 0 unspecified atom stereocenters. The zero-order valence-electron chi connectivity index (χ0n) is 11.3. The number of carbonyl (C=O) groups is 1. The number of guanidine groups is 1. The van der Waals surface area contributed by atoms with Crippen LogP contribution in [0.15, 0.2) is 23.2 Å². The van der Waals surface area contributed by atoms with E-state index in [-0.39, 0.29) is 24.9 Å². The number of nitrogens with two attached hydrogens (primary N) is 1. The highest BCUT2D eigenvalue weighted by Gasteiger charge is 2.15. The van der Waals surface area contributed by atoms with E-state index in [0.29, 0.717) is 21.7 Å². The van der Waals surface area contributed by atoms with Crippen LogP contribution in [0.4, 0.5) is 0 Å². The third-order valence-corrected chi connectivity index (χ3v) is 3.11. The van der Waals surface area contributed by atoms with Crippen molar-refractivity contribution < 1.29 is 14.6 Å². The molecule has 0 radical (unpaired) electrons. The van der Waals surface area contributed by atoms with Gasteiger partial charge >= 0.3 is 0 Å². The van der Waals surface area contributed by atoms with Gasteiger partial charge in [-0.2, -0.15) is 0 Å². The molecular formula is C13H15ClN4O3. The first kappa shape index (κ1) is 15.1. The molecule has 2 aromatic rings. The summed E-state index contributed by atoms with van der Waals surface area (Å²) in [5.74, 6) is 0.0830. The summed E-state index contributed by atoms with van der Waals surface area (Å²) in [6.45, 7) is 0.0361. The Morgan fingerprint density at radius 2 is 2.33 bits per heavy atom. The Hall–Kier alpha value is -2.25. The van der Waals surface area contributed by atoms with Gasteiger partial charge in [0.15, 0.2) is 5.96 Å². The van der Waals surface area contributed by atoms with Crippen molar-refractivity contribution in [3.63, 3.8) is 0 Å². The number of aromatic nitrogens is 1. The number of aliphatic hydroxyl groups excluding tert-OH is 1. The molecule has 1 aromatic heterocycles. The molecule has 1 amide bonds. The molecule has 1 heterocycles. The van der Waals surface area contributed by atoms with E-state index in [4.69, 9.17) is 27.2 Å². The first-order chi connectivity index (χ1) is 10.1. The molecule has 0 saturated heterocycles. The van der Waals surface area contributed by atoms with Crippen LogP contribution in [0.25, 0.3) is 10.9 Å². The predicted octanol–water partition coefficient (Wildman–Crippen LogP) is 0.867. The van der Waals surface area contributed by atoms with Gasteiger partial charge in [0, 0.05) is 12.4 Å². The van der Waals surface area contributed by atoms with Crippen LogP contribution < -0.4 is 15.8 Å². The summed E-state index contributed by atoms with van der Waals surface area (Å²) in [7, 11) is 1.47. The lowest BCUT2D eigenvalue weighted by Gasteiger charge is -2.06. The molecule has 21 heavy (non-hydrogen) atoms. The first-order valence-corrected chi connectivity index (χ1v) is 6.53. The molecule has 0 atom stereocenters. The highest BCUT2D eigenvalue weighted by atomic mass is 35.5. The number of hydrogen-bond donors (Lipinski definition) is 4. The fourth-order valence-corrected chi connectivity index (χ4v) is 2.01. The zero-order valence-corrected chi connectivity index (χ0v) is 12.1. The number of fused-ring (bicyclic) bond motifs is 1. The van der Waals surface area contributed by atoms with Gasteiger partial charge in [0.1, 0.15) is 18.1 Å². The van der Waals surface area contributed by atoms with Crippen LogP contribution in [0.1, 0.15) is 10.5 Å². The second-order valence-electron chi connectivity index (χ2n) is 4.15. The van der Waals surface area contributed by atoms with Crippen molar-refractivity contribution in [3.8, 4) is 5.75 Å². The number of hydrogen-bond acceptors (Lipinski definition) is 4. The minimum atomic E-state index is -0.432. The van der Waals surface area contributed by atoms with Crippen molar-refractivity contribution in [1.29, 1.82) is 0 Å². The lowest BCUT2D eigenvalue weighted by atomic mass is 10.2. The minimum absolute atomic E-state index is 0.0153. The topological polar surface area (TPSA) is 113 Å². The van der Waals surface area contributed by atoms with E-state index in [1.807, 2.05) is 0 Å². The van der Waals surface area contributed by atoms with Gasteiger partial charge in [0.05, 0.1) is 17.1 Å². The number of halogens is 1. The molecule has 0 aliphatic carbocycles. The second kappa shape index (κ2) is 6.47. The van der Waals surface area contributed by atoms with Gasteiger partial charge in [0.2, 0.25) is 0 Å². The molecule has 0 fully saturated rings. The molecule has 7 nitrogen and oxygen atoms in total. The van der Waals surface area contributed by atoms with Gasteiger partial charge in [0.25, 0.3) is 5.91 Å². The third-order valence-electron chi connectivity index (χ3n) is 2.78. The van der Waals surface area contributed by atoms with Crippen molar-refractivity contribution in [2.24, 2.45) is 10.7 Å². The molecule has 0 aliphatic rings.